The van der Waals surface area contributed by atoms with Crippen LogP contribution in [0.4, 0.5) is 10.5 Å². The van der Waals surface area contributed by atoms with E-state index in [1.807, 2.05) is 24.3 Å². The van der Waals surface area contributed by atoms with Gasteiger partial charge in [0, 0.05) is 24.2 Å². The lowest BCUT2D eigenvalue weighted by Gasteiger charge is -2.33. The van der Waals surface area contributed by atoms with Crippen molar-refractivity contribution in [2.24, 2.45) is 0 Å². The van der Waals surface area contributed by atoms with Crippen molar-refractivity contribution in [3.8, 4) is 11.5 Å². The maximum atomic E-state index is 13.4. The van der Waals surface area contributed by atoms with E-state index in [-0.39, 0.29) is 12.5 Å². The van der Waals surface area contributed by atoms with Crippen LogP contribution in [0.1, 0.15) is 24.0 Å². The van der Waals surface area contributed by atoms with Crippen LogP contribution in [0.3, 0.4) is 0 Å². The number of anilines is 1. The second-order valence-corrected chi connectivity index (χ2v) is 7.96. The predicted molar refractivity (Wildman–Crippen MR) is 112 cm³/mol. The molecule has 160 valence electrons. The molecule has 1 saturated heterocycles. The van der Waals surface area contributed by atoms with Crippen molar-refractivity contribution < 1.29 is 23.9 Å². The van der Waals surface area contributed by atoms with Crippen LogP contribution in [0.25, 0.3) is 0 Å². The first-order chi connectivity index (χ1) is 15.0. The van der Waals surface area contributed by atoms with Gasteiger partial charge in [0.1, 0.15) is 18.0 Å². The number of ether oxygens (including phenoxy) is 2. The second-order valence-electron chi connectivity index (χ2n) is 7.96. The van der Waals surface area contributed by atoms with Gasteiger partial charge in [-0.1, -0.05) is 18.2 Å². The third-order valence-electron chi connectivity index (χ3n) is 6.26. The third kappa shape index (κ3) is 3.01. The van der Waals surface area contributed by atoms with Gasteiger partial charge in [0.25, 0.3) is 5.91 Å². The highest BCUT2D eigenvalue weighted by Crippen LogP contribution is 2.41. The van der Waals surface area contributed by atoms with Crippen molar-refractivity contribution in [2.45, 2.75) is 24.8 Å². The van der Waals surface area contributed by atoms with Gasteiger partial charge in [-0.25, -0.2) is 4.79 Å². The first kappa shape index (κ1) is 19.4. The number of benzene rings is 2. The molecule has 8 nitrogen and oxygen atoms in total. The van der Waals surface area contributed by atoms with Crippen molar-refractivity contribution in [3.63, 3.8) is 0 Å². The van der Waals surface area contributed by atoms with Gasteiger partial charge in [-0.3, -0.25) is 14.5 Å². The van der Waals surface area contributed by atoms with E-state index in [2.05, 4.69) is 5.32 Å². The number of rotatable bonds is 3. The molecular formula is C23H23N3O5. The molecule has 1 N–H and O–H groups in total. The van der Waals surface area contributed by atoms with Crippen molar-refractivity contribution >= 4 is 23.5 Å². The summed E-state index contributed by atoms with van der Waals surface area (Å²) in [5.41, 5.74) is 1.27. The molecule has 0 radical (unpaired) electrons. The second kappa shape index (κ2) is 7.30. The Balaban J connectivity index is 1.40. The molecule has 2 aromatic rings. The number of imide groups is 1. The summed E-state index contributed by atoms with van der Waals surface area (Å²) < 4.78 is 10.9. The zero-order valence-corrected chi connectivity index (χ0v) is 17.2. The first-order valence-electron chi connectivity index (χ1n) is 10.4. The molecule has 0 bridgehead atoms. The maximum absolute atomic E-state index is 13.4. The minimum Gasteiger partial charge on any atom is -0.497 e. The summed E-state index contributed by atoms with van der Waals surface area (Å²) in [6, 6.07) is 12.2. The topological polar surface area (TPSA) is 88.2 Å². The van der Waals surface area contributed by atoms with Gasteiger partial charge in [0.15, 0.2) is 5.54 Å². The lowest BCUT2D eigenvalue weighted by atomic mass is 9.84. The van der Waals surface area contributed by atoms with Crippen molar-refractivity contribution in [2.75, 3.05) is 31.7 Å². The van der Waals surface area contributed by atoms with Crippen LogP contribution in [0.15, 0.2) is 42.5 Å². The molecule has 0 unspecified atom stereocenters. The highest BCUT2D eigenvalue weighted by atomic mass is 16.5. The summed E-state index contributed by atoms with van der Waals surface area (Å²) in [7, 11) is 1.61. The van der Waals surface area contributed by atoms with E-state index >= 15 is 0 Å². The number of methoxy groups -OCH3 is 1. The fraction of sp³-hybridized carbons (Fsp3) is 0.348. The number of aryl methyl sites for hydroxylation is 1. The number of nitrogens with one attached hydrogen (secondary N) is 1. The molecule has 3 heterocycles. The monoisotopic (exact) mass is 421 g/mol. The molecule has 31 heavy (non-hydrogen) atoms. The summed E-state index contributed by atoms with van der Waals surface area (Å²) in [6.45, 7) is 0.552. The third-order valence-corrected chi connectivity index (χ3v) is 6.26. The number of hydrogen-bond donors (Lipinski definition) is 1. The smallest absolute Gasteiger partial charge is 0.325 e. The summed E-state index contributed by atoms with van der Waals surface area (Å²) in [5.74, 6) is 0.623. The summed E-state index contributed by atoms with van der Waals surface area (Å²) in [4.78, 5) is 42.0. The van der Waals surface area contributed by atoms with E-state index in [1.165, 1.54) is 0 Å². The van der Waals surface area contributed by atoms with E-state index < -0.39 is 17.5 Å². The van der Waals surface area contributed by atoms with E-state index in [0.29, 0.717) is 30.9 Å². The number of nitrogens with zero attached hydrogens (tertiary/aromatic N) is 2. The number of hydrogen-bond acceptors (Lipinski definition) is 5. The number of fused-ring (bicyclic) bond motifs is 3. The lowest BCUT2D eigenvalue weighted by Crippen LogP contribution is -2.48. The number of urea groups is 1. The number of carbonyl (C=O) groups is 3. The first-order valence-corrected chi connectivity index (χ1v) is 10.4. The Morgan fingerprint density at radius 3 is 2.90 bits per heavy atom. The Kier molecular flexibility index (Phi) is 4.57. The molecule has 1 spiro atoms. The molecule has 8 heteroatoms. The van der Waals surface area contributed by atoms with Crippen molar-refractivity contribution in [1.29, 1.82) is 0 Å². The van der Waals surface area contributed by atoms with Crippen LogP contribution in [-0.2, 0) is 21.5 Å². The van der Waals surface area contributed by atoms with E-state index in [4.69, 9.17) is 9.47 Å². The Morgan fingerprint density at radius 1 is 1.23 bits per heavy atom. The molecule has 4 amide bonds. The molecule has 5 rings (SSSR count). The van der Waals surface area contributed by atoms with Gasteiger partial charge < -0.3 is 19.7 Å². The summed E-state index contributed by atoms with van der Waals surface area (Å²) in [6.07, 6.45) is 1.98. The summed E-state index contributed by atoms with van der Waals surface area (Å²) in [5, 5.41) is 2.84. The van der Waals surface area contributed by atoms with Gasteiger partial charge in [-0.15, -0.1) is 0 Å². The van der Waals surface area contributed by atoms with E-state index in [1.54, 1.807) is 30.2 Å². The average Bonchev–Trinajstić information content (AvgIpc) is 3.03. The van der Waals surface area contributed by atoms with Gasteiger partial charge >= 0.3 is 6.03 Å². The molecule has 1 atom stereocenters. The van der Waals surface area contributed by atoms with Crippen LogP contribution in [0, 0.1) is 0 Å². The zero-order chi connectivity index (χ0) is 21.6. The van der Waals surface area contributed by atoms with Crippen LogP contribution < -0.4 is 19.7 Å². The predicted octanol–water partition coefficient (Wildman–Crippen LogP) is 2.20. The minimum atomic E-state index is -1.18. The fourth-order valence-corrected chi connectivity index (χ4v) is 4.70. The molecule has 2 aromatic carbocycles. The zero-order valence-electron chi connectivity index (χ0n) is 17.2. The highest BCUT2D eigenvalue weighted by Gasteiger charge is 2.55. The van der Waals surface area contributed by atoms with Crippen LogP contribution in [0.5, 0.6) is 11.5 Å². The molecule has 3 aliphatic heterocycles. The average molecular weight is 421 g/mol. The standard InChI is InChI=1S/C23H23N3O5/c1-30-16-8-9-18-15(13-16)5-4-11-25(18)20(27)14-26-21(28)23(24-22(26)29)10-12-31-19-7-3-2-6-17(19)23/h2-3,6-9,13H,4-5,10-12,14H2,1H3,(H,24,29)/t23-/m0/s1. The quantitative estimate of drug-likeness (QED) is 0.768. The Morgan fingerprint density at radius 2 is 2.06 bits per heavy atom. The molecule has 3 aliphatic rings. The lowest BCUT2D eigenvalue weighted by molar-refractivity contribution is -0.135. The van der Waals surface area contributed by atoms with Crippen molar-refractivity contribution in [3.05, 3.63) is 53.6 Å². The van der Waals surface area contributed by atoms with Gasteiger partial charge in [-0.05, 0) is 42.7 Å². The largest absolute Gasteiger partial charge is 0.497 e. The molecule has 1 fully saturated rings. The van der Waals surface area contributed by atoms with Gasteiger partial charge in [0.05, 0.1) is 13.7 Å². The van der Waals surface area contributed by atoms with E-state index in [9.17, 15) is 14.4 Å². The van der Waals surface area contributed by atoms with Gasteiger partial charge in [-0.2, -0.15) is 0 Å². The van der Waals surface area contributed by atoms with Crippen LogP contribution >= 0.6 is 0 Å². The highest BCUT2D eigenvalue weighted by molar-refractivity contribution is 6.11. The number of carbonyl (C=O) groups excluding carboxylic acids is 3. The van der Waals surface area contributed by atoms with E-state index in [0.717, 1.165) is 34.7 Å². The molecule has 0 aliphatic carbocycles. The normalized spacial score (nSPS) is 22.0. The molecule has 0 aromatic heterocycles. The summed E-state index contributed by atoms with van der Waals surface area (Å²) >= 11 is 0. The molecular weight excluding hydrogens is 398 g/mol. The SMILES string of the molecule is COc1ccc2c(c1)CCCN2C(=O)CN1C(=O)N[C@]2(CCOc3ccccc32)C1=O. The van der Waals surface area contributed by atoms with Crippen molar-refractivity contribution in [1.82, 2.24) is 10.2 Å². The van der Waals surface area contributed by atoms with Crippen LogP contribution in [-0.4, -0.2) is 49.6 Å². The fourth-order valence-electron chi connectivity index (χ4n) is 4.70. The Labute approximate surface area is 179 Å². The number of amides is 4. The Hall–Kier alpha value is -3.55. The number of para-hydroxylation sites is 1. The van der Waals surface area contributed by atoms with Gasteiger partial charge in [0.2, 0.25) is 5.91 Å². The minimum absolute atomic E-state index is 0.285. The van der Waals surface area contributed by atoms with Crippen LogP contribution in [0.2, 0.25) is 0 Å². The Bertz CT molecular complexity index is 1080. The molecule has 0 saturated carbocycles. The maximum Gasteiger partial charge on any atom is 0.325 e.